The molecule has 0 spiro atoms. The summed E-state index contributed by atoms with van der Waals surface area (Å²) in [6.07, 6.45) is 1.69. The molecule has 1 aliphatic heterocycles. The van der Waals surface area contributed by atoms with Crippen molar-refractivity contribution >= 4 is 17.5 Å². The van der Waals surface area contributed by atoms with E-state index >= 15 is 0 Å². The van der Waals surface area contributed by atoms with Gasteiger partial charge in [0.05, 0.1) is 31.5 Å². The molecule has 0 saturated carbocycles. The number of likely N-dealkylation sites (tertiary alicyclic amines) is 1. The lowest BCUT2D eigenvalue weighted by molar-refractivity contribution is -0.129. The Morgan fingerprint density at radius 2 is 2.24 bits per heavy atom. The van der Waals surface area contributed by atoms with Crippen molar-refractivity contribution in [3.05, 3.63) is 48.2 Å². The normalized spacial score (nSPS) is 17.0. The number of benzene rings is 1. The number of hydrogen-bond acceptors (Lipinski definition) is 4. The summed E-state index contributed by atoms with van der Waals surface area (Å²) in [4.78, 5) is 28.0. The van der Waals surface area contributed by atoms with Crippen LogP contribution in [0.25, 0.3) is 0 Å². The molecule has 25 heavy (non-hydrogen) atoms. The maximum atomic E-state index is 13.3. The van der Waals surface area contributed by atoms with Crippen LogP contribution in [-0.4, -0.2) is 37.4 Å². The first-order chi connectivity index (χ1) is 12.0. The molecule has 7 heteroatoms. The van der Waals surface area contributed by atoms with Gasteiger partial charge in [0.15, 0.2) is 0 Å². The number of furan rings is 1. The van der Waals surface area contributed by atoms with Gasteiger partial charge < -0.3 is 19.0 Å². The van der Waals surface area contributed by atoms with Crippen LogP contribution in [-0.2, 0) is 16.1 Å². The molecule has 6 nitrogen and oxygen atoms in total. The third-order valence-electron chi connectivity index (χ3n) is 4.32. The number of carbonyl (C=O) groups excluding carboxylic acids is 2. The Kier molecular flexibility index (Phi) is 4.74. The number of nitrogens with zero attached hydrogens (tertiary/aromatic N) is 2. The summed E-state index contributed by atoms with van der Waals surface area (Å²) >= 11 is 0. The van der Waals surface area contributed by atoms with Gasteiger partial charge in [-0.05, 0) is 24.3 Å². The van der Waals surface area contributed by atoms with Crippen molar-refractivity contribution < 1.29 is 23.1 Å². The number of anilines is 1. The molecule has 2 amide bonds. The highest BCUT2D eigenvalue weighted by atomic mass is 19.1. The van der Waals surface area contributed by atoms with E-state index in [0.29, 0.717) is 24.5 Å². The average molecular weight is 346 g/mol. The van der Waals surface area contributed by atoms with Crippen LogP contribution in [0.3, 0.4) is 0 Å². The molecule has 1 aliphatic rings. The summed E-state index contributed by atoms with van der Waals surface area (Å²) in [5.74, 6) is -0.249. The van der Waals surface area contributed by atoms with Crippen LogP contribution >= 0.6 is 0 Å². The summed E-state index contributed by atoms with van der Waals surface area (Å²) in [6.45, 7) is 0.672. The van der Waals surface area contributed by atoms with E-state index in [1.54, 1.807) is 30.3 Å². The van der Waals surface area contributed by atoms with Gasteiger partial charge in [-0.15, -0.1) is 0 Å². The second kappa shape index (κ2) is 6.96. The Hall–Kier alpha value is -2.83. The lowest BCUT2D eigenvalue weighted by Gasteiger charge is -2.23. The van der Waals surface area contributed by atoms with Crippen molar-refractivity contribution in [2.45, 2.75) is 13.0 Å². The maximum absolute atomic E-state index is 13.3. The third kappa shape index (κ3) is 3.50. The van der Waals surface area contributed by atoms with Gasteiger partial charge in [-0.3, -0.25) is 9.59 Å². The molecule has 132 valence electrons. The fourth-order valence-corrected chi connectivity index (χ4v) is 3.00. The van der Waals surface area contributed by atoms with Gasteiger partial charge in [-0.2, -0.15) is 0 Å². The summed E-state index contributed by atoms with van der Waals surface area (Å²) in [5.41, 5.74) is 0.464. The van der Waals surface area contributed by atoms with E-state index in [1.807, 2.05) is 0 Å². The van der Waals surface area contributed by atoms with Crippen LogP contribution in [0.15, 0.2) is 41.0 Å². The fraction of sp³-hybridized carbons (Fsp3) is 0.333. The Balaban J connectivity index is 1.72. The van der Waals surface area contributed by atoms with Gasteiger partial charge in [0, 0.05) is 26.1 Å². The number of rotatable bonds is 5. The predicted octanol–water partition coefficient (Wildman–Crippen LogP) is 2.44. The van der Waals surface area contributed by atoms with Gasteiger partial charge in [0.25, 0.3) is 0 Å². The smallest absolute Gasteiger partial charge is 0.232 e. The highest BCUT2D eigenvalue weighted by molar-refractivity contribution is 5.99. The molecule has 0 bridgehead atoms. The number of hydrogen-bond donors (Lipinski definition) is 0. The molecule has 0 radical (unpaired) electrons. The summed E-state index contributed by atoms with van der Waals surface area (Å²) in [7, 11) is 3.01. The Morgan fingerprint density at radius 1 is 1.44 bits per heavy atom. The first-order valence-electron chi connectivity index (χ1n) is 7.91. The van der Waals surface area contributed by atoms with Crippen LogP contribution in [0.2, 0.25) is 0 Å². The van der Waals surface area contributed by atoms with Gasteiger partial charge in [-0.1, -0.05) is 0 Å². The lowest BCUT2D eigenvalue weighted by atomic mass is 10.1. The van der Waals surface area contributed by atoms with Crippen molar-refractivity contribution in [3.8, 4) is 5.75 Å². The molecule has 2 aromatic rings. The lowest BCUT2D eigenvalue weighted by Crippen LogP contribution is -2.34. The van der Waals surface area contributed by atoms with Crippen LogP contribution in [0.5, 0.6) is 5.75 Å². The van der Waals surface area contributed by atoms with E-state index in [2.05, 4.69) is 0 Å². The number of amides is 2. The highest BCUT2D eigenvalue weighted by Gasteiger charge is 2.36. The molecule has 1 aromatic heterocycles. The van der Waals surface area contributed by atoms with Crippen molar-refractivity contribution in [1.29, 1.82) is 0 Å². The van der Waals surface area contributed by atoms with Gasteiger partial charge in [0.1, 0.15) is 17.3 Å². The third-order valence-corrected chi connectivity index (χ3v) is 4.32. The van der Waals surface area contributed by atoms with Crippen molar-refractivity contribution in [1.82, 2.24) is 4.90 Å². The van der Waals surface area contributed by atoms with Crippen molar-refractivity contribution in [2.24, 2.45) is 5.92 Å². The summed E-state index contributed by atoms with van der Waals surface area (Å²) in [5, 5.41) is 0. The largest absolute Gasteiger partial charge is 0.494 e. The number of halogens is 1. The van der Waals surface area contributed by atoms with Crippen molar-refractivity contribution in [3.63, 3.8) is 0 Å². The van der Waals surface area contributed by atoms with E-state index in [4.69, 9.17) is 9.15 Å². The molecule has 1 atom stereocenters. The van der Waals surface area contributed by atoms with Gasteiger partial charge >= 0.3 is 0 Å². The van der Waals surface area contributed by atoms with E-state index in [9.17, 15) is 14.0 Å². The number of ether oxygens (including phenoxy) is 1. The summed E-state index contributed by atoms with van der Waals surface area (Å²) < 4.78 is 23.7. The zero-order chi connectivity index (χ0) is 18.0. The second-order valence-corrected chi connectivity index (χ2v) is 5.97. The van der Waals surface area contributed by atoms with E-state index in [-0.39, 0.29) is 24.0 Å². The van der Waals surface area contributed by atoms with E-state index < -0.39 is 11.7 Å². The first kappa shape index (κ1) is 17.0. The van der Waals surface area contributed by atoms with Crippen molar-refractivity contribution in [2.75, 3.05) is 25.6 Å². The van der Waals surface area contributed by atoms with Crippen LogP contribution in [0, 0.1) is 11.7 Å². The molecule has 0 aliphatic carbocycles. The molecule has 1 fully saturated rings. The zero-order valence-corrected chi connectivity index (χ0v) is 14.1. The average Bonchev–Trinajstić information content (AvgIpc) is 3.24. The Morgan fingerprint density at radius 3 is 2.92 bits per heavy atom. The topological polar surface area (TPSA) is 63.0 Å². The molecule has 0 N–H and O–H groups in total. The Labute approximate surface area is 144 Å². The molecular weight excluding hydrogens is 327 g/mol. The molecule has 0 unspecified atom stereocenters. The monoisotopic (exact) mass is 346 g/mol. The molecule has 1 saturated heterocycles. The first-order valence-corrected chi connectivity index (χ1v) is 7.91. The molecule has 3 rings (SSSR count). The minimum absolute atomic E-state index is 0.0887. The quantitative estimate of drug-likeness (QED) is 0.834. The van der Waals surface area contributed by atoms with Gasteiger partial charge in [0.2, 0.25) is 11.8 Å². The zero-order valence-electron chi connectivity index (χ0n) is 14.1. The Bertz CT molecular complexity index is 775. The predicted molar refractivity (Wildman–Crippen MR) is 88.6 cm³/mol. The number of methoxy groups -OCH3 is 1. The van der Waals surface area contributed by atoms with E-state index in [1.165, 1.54) is 30.2 Å². The minimum Gasteiger partial charge on any atom is -0.494 e. The molecule has 1 aromatic carbocycles. The van der Waals surface area contributed by atoms with Crippen LogP contribution in [0.4, 0.5) is 10.1 Å². The SMILES string of the molecule is COc1cc(F)ccc1N(C)C(=O)[C@@H]1CC(=O)N(Cc2ccco2)C1. The highest BCUT2D eigenvalue weighted by Crippen LogP contribution is 2.31. The van der Waals surface area contributed by atoms with E-state index in [0.717, 1.165) is 0 Å². The standard InChI is InChI=1S/C18H19FN2O4/c1-20(15-6-5-13(19)9-16(15)24-2)18(23)12-8-17(22)21(10-12)11-14-4-3-7-25-14/h3-7,9,12H,8,10-11H2,1-2H3/t12-/m1/s1. The van der Waals surface area contributed by atoms with Crippen LogP contribution < -0.4 is 9.64 Å². The number of carbonyl (C=O) groups is 2. The molecular formula is C18H19FN2O4. The minimum atomic E-state index is -0.456. The van der Waals surface area contributed by atoms with Gasteiger partial charge in [-0.25, -0.2) is 4.39 Å². The fourth-order valence-electron chi connectivity index (χ4n) is 3.00. The second-order valence-electron chi connectivity index (χ2n) is 5.97. The summed E-state index contributed by atoms with van der Waals surface area (Å²) in [6, 6.07) is 7.53. The maximum Gasteiger partial charge on any atom is 0.232 e. The molecule has 2 heterocycles. The van der Waals surface area contributed by atoms with Crippen LogP contribution in [0.1, 0.15) is 12.2 Å².